The van der Waals surface area contributed by atoms with Gasteiger partial charge in [-0.1, -0.05) is 6.08 Å². The molecule has 1 saturated heterocycles. The second-order valence-electron chi connectivity index (χ2n) is 3.84. The fourth-order valence-electron chi connectivity index (χ4n) is 1.65. The van der Waals surface area contributed by atoms with Gasteiger partial charge in [-0.15, -0.1) is 0 Å². The number of nitrogens with two attached hydrogens (primary N) is 1. The SMILES string of the molecule is N#C/C=C\N1C(=O)C(/C=C/N)CC(=O)N(/C=C/C#N)C1=O. The van der Waals surface area contributed by atoms with Crippen molar-refractivity contribution in [3.63, 3.8) is 0 Å². The maximum absolute atomic E-state index is 12.2. The van der Waals surface area contributed by atoms with Gasteiger partial charge in [-0.05, 0) is 6.20 Å². The van der Waals surface area contributed by atoms with Crippen molar-refractivity contribution in [3.05, 3.63) is 36.8 Å². The van der Waals surface area contributed by atoms with Crippen molar-refractivity contribution in [2.75, 3.05) is 0 Å². The van der Waals surface area contributed by atoms with Gasteiger partial charge in [0.15, 0.2) is 0 Å². The zero-order valence-corrected chi connectivity index (χ0v) is 10.8. The van der Waals surface area contributed by atoms with E-state index in [9.17, 15) is 14.4 Å². The first-order valence-electron chi connectivity index (χ1n) is 5.76. The number of amides is 4. The number of rotatable bonds is 3. The molecule has 2 N–H and O–H groups in total. The third-order valence-corrected chi connectivity index (χ3v) is 2.57. The molecule has 0 aromatic heterocycles. The predicted octanol–water partition coefficient (Wildman–Crippen LogP) is 0.330. The molecule has 106 valence electrons. The Morgan fingerprint density at radius 2 is 1.67 bits per heavy atom. The van der Waals surface area contributed by atoms with Crippen molar-refractivity contribution >= 4 is 17.8 Å². The first kappa shape index (κ1) is 15.7. The van der Waals surface area contributed by atoms with Crippen LogP contribution in [0.3, 0.4) is 0 Å². The molecular weight excluding hydrogens is 274 g/mol. The zero-order chi connectivity index (χ0) is 15.8. The smallest absolute Gasteiger partial charge is 0.341 e. The van der Waals surface area contributed by atoms with Gasteiger partial charge in [-0.25, -0.2) is 14.6 Å². The monoisotopic (exact) mass is 285 g/mol. The summed E-state index contributed by atoms with van der Waals surface area (Å²) in [4.78, 5) is 37.6. The van der Waals surface area contributed by atoms with Crippen LogP contribution in [-0.4, -0.2) is 27.6 Å². The minimum atomic E-state index is -0.962. The molecule has 8 nitrogen and oxygen atoms in total. The number of carbonyl (C=O) groups is 3. The minimum Gasteiger partial charge on any atom is -0.405 e. The van der Waals surface area contributed by atoms with E-state index >= 15 is 0 Å². The van der Waals surface area contributed by atoms with Crippen molar-refractivity contribution in [1.82, 2.24) is 9.80 Å². The highest BCUT2D eigenvalue weighted by Gasteiger charge is 2.37. The van der Waals surface area contributed by atoms with Crippen molar-refractivity contribution in [2.45, 2.75) is 6.42 Å². The Bertz CT molecular complexity index is 621. The van der Waals surface area contributed by atoms with E-state index in [-0.39, 0.29) is 6.42 Å². The van der Waals surface area contributed by atoms with Crippen molar-refractivity contribution in [2.24, 2.45) is 11.7 Å². The van der Waals surface area contributed by atoms with Crippen LogP contribution in [0.2, 0.25) is 0 Å². The summed E-state index contributed by atoms with van der Waals surface area (Å²) in [5.41, 5.74) is 5.22. The van der Waals surface area contributed by atoms with Crippen LogP contribution < -0.4 is 5.73 Å². The van der Waals surface area contributed by atoms with Gasteiger partial charge in [0.2, 0.25) is 11.8 Å². The van der Waals surface area contributed by atoms with E-state index in [0.717, 1.165) is 30.8 Å². The molecule has 1 atom stereocenters. The molecule has 4 amide bonds. The Morgan fingerprint density at radius 3 is 2.19 bits per heavy atom. The summed E-state index contributed by atoms with van der Waals surface area (Å²) < 4.78 is 0. The van der Waals surface area contributed by atoms with Crippen LogP contribution in [0.1, 0.15) is 6.42 Å². The van der Waals surface area contributed by atoms with Crippen LogP contribution in [0.25, 0.3) is 0 Å². The number of hydrogen-bond donors (Lipinski definition) is 1. The van der Waals surface area contributed by atoms with Crippen molar-refractivity contribution in [1.29, 1.82) is 10.5 Å². The summed E-state index contributed by atoms with van der Waals surface area (Å²) in [5.74, 6) is -2.26. The number of urea groups is 1. The molecular formula is C13H11N5O3. The first-order valence-corrected chi connectivity index (χ1v) is 5.76. The second kappa shape index (κ2) is 7.26. The summed E-state index contributed by atoms with van der Waals surface area (Å²) in [7, 11) is 0. The molecule has 8 heteroatoms. The van der Waals surface area contributed by atoms with Crippen LogP contribution >= 0.6 is 0 Å². The Kier molecular flexibility index (Phi) is 5.42. The Morgan fingerprint density at radius 1 is 1.10 bits per heavy atom. The van der Waals surface area contributed by atoms with Gasteiger partial charge in [-0.3, -0.25) is 9.59 Å². The molecule has 0 saturated carbocycles. The molecule has 1 heterocycles. The summed E-state index contributed by atoms with van der Waals surface area (Å²) >= 11 is 0. The fraction of sp³-hybridized carbons (Fsp3) is 0.154. The highest BCUT2D eigenvalue weighted by Crippen LogP contribution is 2.20. The Balaban J connectivity index is 3.28. The van der Waals surface area contributed by atoms with Gasteiger partial charge in [0.25, 0.3) is 0 Å². The summed E-state index contributed by atoms with van der Waals surface area (Å²) in [6.45, 7) is 0. The van der Waals surface area contributed by atoms with Gasteiger partial charge < -0.3 is 5.73 Å². The van der Waals surface area contributed by atoms with Gasteiger partial charge in [0.05, 0.1) is 18.1 Å². The normalized spacial score (nSPS) is 20.3. The van der Waals surface area contributed by atoms with Crippen molar-refractivity contribution in [3.8, 4) is 12.1 Å². The Hall–Kier alpha value is -3.39. The number of nitriles is 2. The molecule has 0 aliphatic carbocycles. The van der Waals surface area contributed by atoms with Crippen LogP contribution in [0.4, 0.5) is 4.79 Å². The minimum absolute atomic E-state index is 0.273. The van der Waals surface area contributed by atoms with Gasteiger partial charge >= 0.3 is 6.03 Å². The largest absolute Gasteiger partial charge is 0.405 e. The van der Waals surface area contributed by atoms with E-state index in [0.29, 0.717) is 9.80 Å². The van der Waals surface area contributed by atoms with E-state index in [1.165, 1.54) is 6.08 Å². The number of nitrogens with zero attached hydrogens (tertiary/aromatic N) is 4. The van der Waals surface area contributed by atoms with E-state index in [1.54, 1.807) is 12.1 Å². The number of hydrogen-bond acceptors (Lipinski definition) is 6. The maximum atomic E-state index is 12.2. The number of carbonyl (C=O) groups excluding carboxylic acids is 3. The molecule has 1 aliphatic rings. The van der Waals surface area contributed by atoms with E-state index in [2.05, 4.69) is 0 Å². The average molecular weight is 285 g/mol. The third-order valence-electron chi connectivity index (χ3n) is 2.57. The van der Waals surface area contributed by atoms with E-state index in [4.69, 9.17) is 16.3 Å². The standard InChI is InChI=1S/C13H11N5O3/c14-4-1-7-17-11(19)9-10(3-6-16)12(20)18(13(17)21)8-2-5-15/h1-3,6-8,10H,9,16H2/b6-3+,7-1+,8-2-. The summed E-state index contributed by atoms with van der Waals surface area (Å²) in [6.07, 6.45) is 5.93. The molecule has 21 heavy (non-hydrogen) atoms. The predicted molar refractivity (Wildman–Crippen MR) is 70.0 cm³/mol. The second-order valence-corrected chi connectivity index (χ2v) is 3.84. The quantitative estimate of drug-likeness (QED) is 0.743. The average Bonchev–Trinajstić information content (AvgIpc) is 2.54. The summed E-state index contributed by atoms with van der Waals surface area (Å²) in [6, 6.07) is 2.33. The highest BCUT2D eigenvalue weighted by atomic mass is 16.2. The van der Waals surface area contributed by atoms with Crippen LogP contribution in [0, 0.1) is 28.6 Å². The van der Waals surface area contributed by atoms with Gasteiger partial charge in [-0.2, -0.15) is 10.5 Å². The van der Waals surface area contributed by atoms with Gasteiger partial charge in [0.1, 0.15) is 0 Å². The molecule has 0 radical (unpaired) electrons. The zero-order valence-electron chi connectivity index (χ0n) is 10.8. The van der Waals surface area contributed by atoms with E-state index in [1.807, 2.05) is 0 Å². The lowest BCUT2D eigenvalue weighted by Gasteiger charge is -2.19. The summed E-state index contributed by atoms with van der Waals surface area (Å²) in [5, 5.41) is 17.0. The lowest BCUT2D eigenvalue weighted by atomic mass is 10.0. The topological polar surface area (TPSA) is 131 Å². The molecule has 1 aliphatic heterocycles. The number of allylic oxidation sites excluding steroid dienone is 2. The van der Waals surface area contributed by atoms with E-state index < -0.39 is 23.8 Å². The van der Waals surface area contributed by atoms with Crippen LogP contribution in [-0.2, 0) is 9.59 Å². The molecule has 0 aromatic carbocycles. The molecule has 1 unspecified atom stereocenters. The van der Waals surface area contributed by atoms with Crippen molar-refractivity contribution < 1.29 is 14.4 Å². The number of imide groups is 2. The first-order chi connectivity index (χ1) is 10.1. The molecule has 1 fully saturated rings. The lowest BCUT2D eigenvalue weighted by molar-refractivity contribution is -0.131. The molecule has 0 aromatic rings. The maximum Gasteiger partial charge on any atom is 0.341 e. The Labute approximate surface area is 120 Å². The lowest BCUT2D eigenvalue weighted by Crippen LogP contribution is -2.40. The molecule has 1 rings (SSSR count). The highest BCUT2D eigenvalue weighted by molar-refractivity contribution is 6.08. The van der Waals surface area contributed by atoms with Crippen LogP contribution in [0.15, 0.2) is 36.8 Å². The van der Waals surface area contributed by atoms with Crippen LogP contribution in [0.5, 0.6) is 0 Å². The molecule has 0 spiro atoms. The third kappa shape index (κ3) is 3.55. The van der Waals surface area contributed by atoms with Gasteiger partial charge in [0, 0.05) is 31.0 Å². The molecule has 0 bridgehead atoms. The fourth-order valence-corrected chi connectivity index (χ4v) is 1.65.